The zero-order valence-corrected chi connectivity index (χ0v) is 15.1. The van der Waals surface area contributed by atoms with E-state index in [0.29, 0.717) is 24.0 Å². The van der Waals surface area contributed by atoms with Gasteiger partial charge in [0.25, 0.3) is 0 Å². The van der Waals surface area contributed by atoms with Crippen molar-refractivity contribution in [1.82, 2.24) is 19.5 Å². The number of ether oxygens (including phenoxy) is 2. The highest BCUT2D eigenvalue weighted by molar-refractivity contribution is 6.35. The van der Waals surface area contributed by atoms with E-state index in [0.717, 1.165) is 0 Å². The number of esters is 2. The summed E-state index contributed by atoms with van der Waals surface area (Å²) in [5, 5.41) is 0.213. The number of hydrogen-bond donors (Lipinski definition) is 0. The van der Waals surface area contributed by atoms with Gasteiger partial charge < -0.3 is 14.0 Å². The van der Waals surface area contributed by atoms with E-state index in [1.54, 1.807) is 6.33 Å². The third kappa shape index (κ3) is 3.85. The lowest BCUT2D eigenvalue weighted by Gasteiger charge is -2.18. The number of halogens is 2. The number of rotatable bonds is 4. The molecule has 0 N–H and O–H groups in total. The Morgan fingerprint density at radius 2 is 2.00 bits per heavy atom. The highest BCUT2D eigenvalue weighted by Crippen LogP contribution is 2.39. The van der Waals surface area contributed by atoms with E-state index in [4.69, 9.17) is 32.7 Å². The Bertz CT molecular complexity index is 825. The molecule has 2 aromatic heterocycles. The molecule has 0 saturated heterocycles. The zero-order chi connectivity index (χ0) is 18.1. The van der Waals surface area contributed by atoms with Crippen molar-refractivity contribution in [2.75, 3.05) is 6.61 Å². The van der Waals surface area contributed by atoms with Gasteiger partial charge in [0.15, 0.2) is 10.8 Å². The predicted molar refractivity (Wildman–Crippen MR) is 89.3 cm³/mol. The van der Waals surface area contributed by atoms with E-state index in [-0.39, 0.29) is 47.0 Å². The first kappa shape index (κ1) is 17.9. The van der Waals surface area contributed by atoms with Crippen LogP contribution < -0.4 is 0 Å². The smallest absolute Gasteiger partial charge is 0.302 e. The van der Waals surface area contributed by atoms with Gasteiger partial charge in [-0.3, -0.25) is 9.59 Å². The molecule has 1 fully saturated rings. The topological polar surface area (TPSA) is 96.2 Å². The summed E-state index contributed by atoms with van der Waals surface area (Å²) in [5.74, 6) is -0.852. The van der Waals surface area contributed by atoms with Crippen molar-refractivity contribution in [3.63, 3.8) is 0 Å². The standard InChI is InChI=1S/C15H16Cl2N4O4/c1-7(22)24-5-9-3-10(4-11(9)25-8(2)23)21-6-18-12-13(16)19-15(17)20-14(12)21/h6,9-11H,3-5H2,1-2H3/t9-,10-,11+/m1/s1. The zero-order valence-electron chi connectivity index (χ0n) is 13.6. The summed E-state index contributed by atoms with van der Waals surface area (Å²) in [6.45, 7) is 2.89. The van der Waals surface area contributed by atoms with Crippen molar-refractivity contribution in [2.45, 2.75) is 38.8 Å². The van der Waals surface area contributed by atoms with Crippen LogP contribution in [0, 0.1) is 5.92 Å². The molecule has 1 aliphatic carbocycles. The first-order valence-electron chi connectivity index (χ1n) is 7.71. The molecular formula is C15H16Cl2N4O4. The maximum atomic E-state index is 11.4. The van der Waals surface area contributed by atoms with E-state index in [9.17, 15) is 9.59 Å². The number of carbonyl (C=O) groups excluding carboxylic acids is 2. The molecule has 0 aromatic carbocycles. The van der Waals surface area contributed by atoms with E-state index < -0.39 is 0 Å². The molecule has 10 heteroatoms. The van der Waals surface area contributed by atoms with Crippen LogP contribution in [-0.4, -0.2) is 44.2 Å². The fraction of sp³-hybridized carbons (Fsp3) is 0.533. The van der Waals surface area contributed by atoms with Gasteiger partial charge in [0.1, 0.15) is 11.6 Å². The average molecular weight is 387 g/mol. The molecule has 0 aliphatic heterocycles. The van der Waals surface area contributed by atoms with Crippen LogP contribution in [0.4, 0.5) is 0 Å². The van der Waals surface area contributed by atoms with E-state index in [1.807, 2.05) is 4.57 Å². The second-order valence-electron chi connectivity index (χ2n) is 5.94. The SMILES string of the molecule is CC(=O)OC[C@H]1C[C@@H](n2cnc3c(Cl)nc(Cl)nc32)C[C@@H]1OC(C)=O. The van der Waals surface area contributed by atoms with Crippen LogP contribution in [0.3, 0.4) is 0 Å². The first-order chi connectivity index (χ1) is 11.8. The molecule has 0 spiro atoms. The molecule has 3 rings (SSSR count). The highest BCUT2D eigenvalue weighted by atomic mass is 35.5. The van der Waals surface area contributed by atoms with E-state index >= 15 is 0 Å². The molecule has 1 aliphatic rings. The van der Waals surface area contributed by atoms with Crippen molar-refractivity contribution in [1.29, 1.82) is 0 Å². The van der Waals surface area contributed by atoms with Crippen molar-refractivity contribution in [3.05, 3.63) is 16.8 Å². The number of aromatic nitrogens is 4. The molecule has 0 radical (unpaired) electrons. The number of nitrogens with zero attached hydrogens (tertiary/aromatic N) is 4. The second kappa shape index (κ2) is 7.13. The summed E-state index contributed by atoms with van der Waals surface area (Å²) in [6, 6.07) is -0.0445. The lowest BCUT2D eigenvalue weighted by atomic mass is 10.1. The van der Waals surface area contributed by atoms with Crippen molar-refractivity contribution in [2.24, 2.45) is 5.92 Å². The molecule has 8 nitrogen and oxygen atoms in total. The van der Waals surface area contributed by atoms with Crippen molar-refractivity contribution >= 4 is 46.3 Å². The van der Waals surface area contributed by atoms with E-state index in [1.165, 1.54) is 13.8 Å². The number of fused-ring (bicyclic) bond motifs is 1. The summed E-state index contributed by atoms with van der Waals surface area (Å²) in [4.78, 5) is 34.8. The van der Waals surface area contributed by atoms with Gasteiger partial charge in [-0.1, -0.05) is 11.6 Å². The van der Waals surface area contributed by atoms with Gasteiger partial charge >= 0.3 is 11.9 Å². The lowest BCUT2D eigenvalue weighted by Crippen LogP contribution is -2.25. The molecule has 0 bridgehead atoms. The Labute approximate surface area is 153 Å². The van der Waals surface area contributed by atoms with Crippen LogP contribution in [0.2, 0.25) is 10.4 Å². The quantitative estimate of drug-likeness (QED) is 0.452. The van der Waals surface area contributed by atoms with Gasteiger partial charge in [-0.05, 0) is 18.0 Å². The van der Waals surface area contributed by atoms with Crippen LogP contribution in [0.1, 0.15) is 32.7 Å². The molecular weight excluding hydrogens is 371 g/mol. The number of imidazole rings is 1. The third-order valence-corrected chi connectivity index (χ3v) is 4.60. The van der Waals surface area contributed by atoms with Crippen LogP contribution in [0.25, 0.3) is 11.2 Å². The normalized spacial score (nSPS) is 23.0. The summed E-state index contributed by atoms with van der Waals surface area (Å²) in [7, 11) is 0. The average Bonchev–Trinajstić information content (AvgIpc) is 3.08. The molecule has 25 heavy (non-hydrogen) atoms. The van der Waals surface area contributed by atoms with Gasteiger partial charge in [-0.2, -0.15) is 4.98 Å². The summed E-state index contributed by atoms with van der Waals surface area (Å²) < 4.78 is 12.3. The van der Waals surface area contributed by atoms with Gasteiger partial charge in [0.05, 0.1) is 12.9 Å². The lowest BCUT2D eigenvalue weighted by molar-refractivity contribution is -0.151. The minimum Gasteiger partial charge on any atom is -0.465 e. The monoisotopic (exact) mass is 386 g/mol. The van der Waals surface area contributed by atoms with Crippen LogP contribution in [0.15, 0.2) is 6.33 Å². The summed E-state index contributed by atoms with van der Waals surface area (Å²) >= 11 is 12.0. The second-order valence-corrected chi connectivity index (χ2v) is 6.64. The number of hydrogen-bond acceptors (Lipinski definition) is 7. The Hall–Kier alpha value is -1.93. The molecule has 0 amide bonds. The van der Waals surface area contributed by atoms with Crippen LogP contribution >= 0.6 is 23.2 Å². The fourth-order valence-electron chi connectivity index (χ4n) is 3.17. The highest BCUT2D eigenvalue weighted by Gasteiger charge is 2.38. The molecule has 134 valence electrons. The molecule has 2 aromatic rings. The van der Waals surface area contributed by atoms with Gasteiger partial charge in [0, 0.05) is 32.2 Å². The largest absolute Gasteiger partial charge is 0.465 e. The van der Waals surface area contributed by atoms with Crippen molar-refractivity contribution < 1.29 is 19.1 Å². The molecule has 0 unspecified atom stereocenters. The van der Waals surface area contributed by atoms with Gasteiger partial charge in [-0.25, -0.2) is 9.97 Å². The molecule has 1 saturated carbocycles. The summed E-state index contributed by atoms with van der Waals surface area (Å²) in [5.41, 5.74) is 0.975. The number of carbonyl (C=O) groups is 2. The Morgan fingerprint density at radius 3 is 2.68 bits per heavy atom. The Kier molecular flexibility index (Phi) is 5.10. The van der Waals surface area contributed by atoms with Gasteiger partial charge in [0.2, 0.25) is 5.28 Å². The minimum absolute atomic E-state index is 0.0326. The first-order valence-corrected chi connectivity index (χ1v) is 8.47. The Balaban J connectivity index is 1.87. The van der Waals surface area contributed by atoms with Crippen LogP contribution in [-0.2, 0) is 19.1 Å². The maximum absolute atomic E-state index is 11.4. The fourth-order valence-corrected chi connectivity index (χ4v) is 3.59. The predicted octanol–water partition coefficient (Wildman–Crippen LogP) is 2.58. The maximum Gasteiger partial charge on any atom is 0.302 e. The third-order valence-electron chi connectivity index (χ3n) is 4.17. The minimum atomic E-state index is -0.373. The molecule has 2 heterocycles. The van der Waals surface area contributed by atoms with Gasteiger partial charge in [-0.15, -0.1) is 0 Å². The van der Waals surface area contributed by atoms with E-state index in [2.05, 4.69) is 15.0 Å². The van der Waals surface area contributed by atoms with Crippen LogP contribution in [0.5, 0.6) is 0 Å². The molecule has 3 atom stereocenters. The van der Waals surface area contributed by atoms with Crippen molar-refractivity contribution in [3.8, 4) is 0 Å². The Morgan fingerprint density at radius 1 is 1.24 bits per heavy atom. The summed E-state index contributed by atoms with van der Waals surface area (Å²) in [6.07, 6.45) is 2.45.